The zero-order valence-electron chi connectivity index (χ0n) is 16.6. The van der Waals surface area contributed by atoms with Crippen LogP contribution in [0.15, 0.2) is 42.5 Å². The molecule has 148 valence electrons. The van der Waals surface area contributed by atoms with Gasteiger partial charge in [-0.15, -0.1) is 0 Å². The molecule has 4 nitrogen and oxygen atoms in total. The van der Waals surface area contributed by atoms with Crippen molar-refractivity contribution in [2.45, 2.75) is 44.6 Å². The highest BCUT2D eigenvalue weighted by atomic mass is 16.6. The van der Waals surface area contributed by atoms with Gasteiger partial charge in [-0.2, -0.15) is 0 Å². The standard InChI is InChI=1S/C24H30N2O2/c27-23-24(11-3-4-12-24)18-20(28-23)10-13-25-14-16-26(17-15-25)22-9-5-7-19-6-1-2-8-21(19)22/h1-2,5-9,20H,3-4,10-18H2/t20-/m1/s1. The lowest BCUT2D eigenvalue weighted by molar-refractivity contribution is -0.148. The molecule has 2 saturated heterocycles. The zero-order valence-corrected chi connectivity index (χ0v) is 16.6. The van der Waals surface area contributed by atoms with Crippen LogP contribution in [0.4, 0.5) is 5.69 Å². The third-order valence-corrected chi connectivity index (χ3v) is 7.13. The minimum Gasteiger partial charge on any atom is -0.462 e. The van der Waals surface area contributed by atoms with E-state index in [-0.39, 0.29) is 17.5 Å². The van der Waals surface area contributed by atoms with Crippen LogP contribution in [0.5, 0.6) is 0 Å². The van der Waals surface area contributed by atoms with E-state index < -0.39 is 0 Å². The topological polar surface area (TPSA) is 32.8 Å². The Morgan fingerprint density at radius 1 is 0.964 bits per heavy atom. The average Bonchev–Trinajstić information content (AvgIpc) is 3.34. The van der Waals surface area contributed by atoms with E-state index in [1.807, 2.05) is 0 Å². The molecule has 0 amide bonds. The first-order chi connectivity index (χ1) is 13.7. The lowest BCUT2D eigenvalue weighted by Gasteiger charge is -2.37. The van der Waals surface area contributed by atoms with Gasteiger partial charge in [0.05, 0.1) is 5.41 Å². The minimum atomic E-state index is -0.113. The number of ether oxygens (including phenoxy) is 1. The lowest BCUT2D eigenvalue weighted by atomic mass is 9.83. The Kier molecular flexibility index (Phi) is 4.75. The zero-order chi connectivity index (χ0) is 19.0. The second kappa shape index (κ2) is 7.40. The highest BCUT2D eigenvalue weighted by Crippen LogP contribution is 2.48. The molecule has 0 unspecified atom stereocenters. The number of cyclic esters (lactones) is 1. The predicted molar refractivity (Wildman–Crippen MR) is 113 cm³/mol. The quantitative estimate of drug-likeness (QED) is 0.746. The van der Waals surface area contributed by atoms with E-state index in [1.165, 1.54) is 29.3 Å². The molecule has 1 atom stereocenters. The van der Waals surface area contributed by atoms with Crippen LogP contribution < -0.4 is 4.90 Å². The summed E-state index contributed by atoms with van der Waals surface area (Å²) in [5.74, 6) is 0.0933. The van der Waals surface area contributed by atoms with Crippen molar-refractivity contribution < 1.29 is 9.53 Å². The molecule has 0 bridgehead atoms. The number of carbonyl (C=O) groups excluding carboxylic acids is 1. The van der Waals surface area contributed by atoms with Gasteiger partial charge in [-0.3, -0.25) is 9.69 Å². The predicted octanol–water partition coefficient (Wildman–Crippen LogP) is 4.23. The van der Waals surface area contributed by atoms with Gasteiger partial charge in [0.2, 0.25) is 0 Å². The van der Waals surface area contributed by atoms with Gasteiger partial charge >= 0.3 is 5.97 Å². The highest BCUT2D eigenvalue weighted by molar-refractivity contribution is 5.94. The summed E-state index contributed by atoms with van der Waals surface area (Å²) >= 11 is 0. The van der Waals surface area contributed by atoms with Gasteiger partial charge in [-0.05, 0) is 30.7 Å². The van der Waals surface area contributed by atoms with Crippen molar-refractivity contribution in [3.05, 3.63) is 42.5 Å². The second-order valence-electron chi connectivity index (χ2n) is 8.83. The lowest BCUT2D eigenvalue weighted by Crippen LogP contribution is -2.47. The molecule has 0 aromatic heterocycles. The van der Waals surface area contributed by atoms with Crippen molar-refractivity contribution in [1.29, 1.82) is 0 Å². The molecule has 2 aliphatic heterocycles. The molecule has 4 heteroatoms. The van der Waals surface area contributed by atoms with Crippen LogP contribution in [0.1, 0.15) is 38.5 Å². The molecule has 2 aromatic carbocycles. The Morgan fingerprint density at radius 3 is 2.54 bits per heavy atom. The third-order valence-electron chi connectivity index (χ3n) is 7.13. The number of esters is 1. The summed E-state index contributed by atoms with van der Waals surface area (Å²) in [6.45, 7) is 5.31. The van der Waals surface area contributed by atoms with Crippen molar-refractivity contribution in [2.24, 2.45) is 5.41 Å². The van der Waals surface area contributed by atoms with Gasteiger partial charge < -0.3 is 9.64 Å². The molecule has 1 aliphatic carbocycles. The average molecular weight is 379 g/mol. The van der Waals surface area contributed by atoms with Crippen LogP contribution in [0.3, 0.4) is 0 Å². The van der Waals surface area contributed by atoms with E-state index in [2.05, 4.69) is 52.3 Å². The number of rotatable bonds is 4. The van der Waals surface area contributed by atoms with E-state index in [9.17, 15) is 4.79 Å². The van der Waals surface area contributed by atoms with Gasteiger partial charge in [0, 0.05) is 50.2 Å². The van der Waals surface area contributed by atoms with E-state index >= 15 is 0 Å². The first-order valence-electron chi connectivity index (χ1n) is 10.9. The van der Waals surface area contributed by atoms with Crippen LogP contribution in [-0.4, -0.2) is 49.7 Å². The number of fused-ring (bicyclic) bond motifs is 1. The molecule has 2 aromatic rings. The summed E-state index contributed by atoms with van der Waals surface area (Å²) in [4.78, 5) is 17.4. The summed E-state index contributed by atoms with van der Waals surface area (Å²) in [5, 5.41) is 2.66. The Bertz CT molecular complexity index is 845. The van der Waals surface area contributed by atoms with Gasteiger partial charge in [0.25, 0.3) is 0 Å². The largest absolute Gasteiger partial charge is 0.462 e. The maximum atomic E-state index is 12.3. The number of benzene rings is 2. The normalized spacial score (nSPS) is 24.9. The van der Waals surface area contributed by atoms with Crippen LogP contribution in [0.2, 0.25) is 0 Å². The monoisotopic (exact) mass is 378 g/mol. The van der Waals surface area contributed by atoms with Crippen molar-refractivity contribution in [3.63, 3.8) is 0 Å². The summed E-state index contributed by atoms with van der Waals surface area (Å²) in [7, 11) is 0. The van der Waals surface area contributed by atoms with Crippen molar-refractivity contribution in [2.75, 3.05) is 37.6 Å². The molecule has 5 rings (SSSR count). The fourth-order valence-electron chi connectivity index (χ4n) is 5.48. The summed E-state index contributed by atoms with van der Waals surface area (Å²) < 4.78 is 5.75. The fraction of sp³-hybridized carbons (Fsp3) is 0.542. The number of nitrogens with zero attached hydrogens (tertiary/aromatic N) is 2. The second-order valence-corrected chi connectivity index (χ2v) is 8.83. The number of anilines is 1. The molecule has 3 aliphatic rings. The number of carbonyl (C=O) groups is 1. The molecule has 3 fully saturated rings. The first-order valence-corrected chi connectivity index (χ1v) is 10.9. The van der Waals surface area contributed by atoms with Crippen LogP contribution >= 0.6 is 0 Å². The molecular weight excluding hydrogens is 348 g/mol. The summed E-state index contributed by atoms with van der Waals surface area (Å²) in [5.41, 5.74) is 1.24. The molecular formula is C24H30N2O2. The minimum absolute atomic E-state index is 0.0933. The van der Waals surface area contributed by atoms with E-state index in [0.717, 1.165) is 58.4 Å². The van der Waals surface area contributed by atoms with Crippen LogP contribution in [0.25, 0.3) is 10.8 Å². The SMILES string of the molecule is O=C1O[C@H](CCN2CCN(c3cccc4ccccc34)CC2)CC12CCCC2. The first kappa shape index (κ1) is 18.0. The van der Waals surface area contributed by atoms with Gasteiger partial charge in [-0.25, -0.2) is 0 Å². The Balaban J connectivity index is 1.15. The maximum Gasteiger partial charge on any atom is 0.312 e. The number of piperazine rings is 1. The van der Waals surface area contributed by atoms with E-state index in [0.29, 0.717) is 0 Å². The molecule has 2 heterocycles. The molecule has 1 spiro atoms. The number of hydrogen-bond donors (Lipinski definition) is 0. The summed E-state index contributed by atoms with van der Waals surface area (Å²) in [6, 6.07) is 15.3. The van der Waals surface area contributed by atoms with E-state index in [4.69, 9.17) is 4.74 Å². The van der Waals surface area contributed by atoms with Crippen LogP contribution in [0, 0.1) is 5.41 Å². The molecule has 0 radical (unpaired) electrons. The Hall–Kier alpha value is -2.07. The van der Waals surface area contributed by atoms with E-state index in [1.54, 1.807) is 0 Å². The molecule has 28 heavy (non-hydrogen) atoms. The summed E-state index contributed by atoms with van der Waals surface area (Å²) in [6.07, 6.45) is 6.57. The molecule has 0 N–H and O–H groups in total. The molecule has 1 saturated carbocycles. The van der Waals surface area contributed by atoms with Crippen molar-refractivity contribution >= 4 is 22.4 Å². The van der Waals surface area contributed by atoms with Crippen LogP contribution in [-0.2, 0) is 9.53 Å². The Labute approximate surface area is 167 Å². The van der Waals surface area contributed by atoms with Crippen molar-refractivity contribution in [3.8, 4) is 0 Å². The highest BCUT2D eigenvalue weighted by Gasteiger charge is 2.50. The van der Waals surface area contributed by atoms with Gasteiger partial charge in [0.15, 0.2) is 0 Å². The number of hydrogen-bond acceptors (Lipinski definition) is 4. The smallest absolute Gasteiger partial charge is 0.312 e. The van der Waals surface area contributed by atoms with Gasteiger partial charge in [0.1, 0.15) is 6.10 Å². The van der Waals surface area contributed by atoms with Crippen molar-refractivity contribution in [1.82, 2.24) is 4.90 Å². The Morgan fingerprint density at radius 2 is 1.71 bits per heavy atom. The van der Waals surface area contributed by atoms with Gasteiger partial charge in [-0.1, -0.05) is 49.2 Å². The maximum absolute atomic E-state index is 12.3. The fourth-order valence-corrected chi connectivity index (χ4v) is 5.48. The third kappa shape index (κ3) is 3.28.